The molecular formula is C11H15ClO. The van der Waals surface area contributed by atoms with Crippen molar-refractivity contribution in [3.05, 3.63) is 28.8 Å². The molecule has 2 heteroatoms. The Kier molecular flexibility index (Phi) is 3.61. The van der Waals surface area contributed by atoms with Crippen LogP contribution in [0.15, 0.2) is 12.1 Å². The van der Waals surface area contributed by atoms with Crippen LogP contribution in [-0.2, 0) is 5.88 Å². The summed E-state index contributed by atoms with van der Waals surface area (Å²) in [5.74, 6) is 1.56. The first-order chi connectivity index (χ1) is 6.19. The second kappa shape index (κ2) is 4.52. The summed E-state index contributed by atoms with van der Waals surface area (Å²) in [4.78, 5) is 0. The number of ether oxygens (including phenoxy) is 1. The standard InChI is InChI=1S/C11H15ClO/c1-4-13-11-8(2)5-10(7-12)6-9(11)3/h5-6H,4,7H2,1-3H3. The SMILES string of the molecule is CCOc1c(C)cc(CCl)cc1C. The van der Waals surface area contributed by atoms with Crippen molar-refractivity contribution in [3.8, 4) is 5.75 Å². The summed E-state index contributed by atoms with van der Waals surface area (Å²) in [5.41, 5.74) is 3.48. The largest absolute Gasteiger partial charge is 0.493 e. The van der Waals surface area contributed by atoms with Gasteiger partial charge in [0.25, 0.3) is 0 Å². The summed E-state index contributed by atoms with van der Waals surface area (Å²) in [6.45, 7) is 6.80. The quantitative estimate of drug-likeness (QED) is 0.677. The van der Waals surface area contributed by atoms with Gasteiger partial charge in [-0.25, -0.2) is 0 Å². The number of halogens is 1. The summed E-state index contributed by atoms with van der Waals surface area (Å²) in [5, 5.41) is 0. The first kappa shape index (κ1) is 10.4. The van der Waals surface area contributed by atoms with Gasteiger partial charge in [0.15, 0.2) is 0 Å². The Hall–Kier alpha value is -0.690. The summed E-state index contributed by atoms with van der Waals surface area (Å²) >= 11 is 5.76. The number of benzene rings is 1. The van der Waals surface area contributed by atoms with Crippen molar-refractivity contribution in [2.75, 3.05) is 6.61 Å². The van der Waals surface area contributed by atoms with Gasteiger partial charge in [0, 0.05) is 5.88 Å². The zero-order valence-corrected chi connectivity index (χ0v) is 9.11. The Morgan fingerprint density at radius 3 is 2.15 bits per heavy atom. The molecule has 0 atom stereocenters. The van der Waals surface area contributed by atoms with E-state index < -0.39 is 0 Å². The molecule has 0 spiro atoms. The molecule has 0 amide bonds. The molecular weight excluding hydrogens is 184 g/mol. The third-order valence-electron chi connectivity index (χ3n) is 1.96. The highest BCUT2D eigenvalue weighted by Crippen LogP contribution is 2.25. The smallest absolute Gasteiger partial charge is 0.125 e. The average molecular weight is 199 g/mol. The summed E-state index contributed by atoms with van der Waals surface area (Å²) < 4.78 is 5.52. The van der Waals surface area contributed by atoms with Crippen LogP contribution in [0.2, 0.25) is 0 Å². The van der Waals surface area contributed by atoms with Crippen molar-refractivity contribution in [3.63, 3.8) is 0 Å². The molecule has 0 bridgehead atoms. The minimum absolute atomic E-state index is 0.564. The lowest BCUT2D eigenvalue weighted by Crippen LogP contribution is -1.97. The van der Waals surface area contributed by atoms with Crippen LogP contribution in [0.1, 0.15) is 23.6 Å². The zero-order chi connectivity index (χ0) is 9.84. The van der Waals surface area contributed by atoms with E-state index in [1.54, 1.807) is 0 Å². The van der Waals surface area contributed by atoms with E-state index in [2.05, 4.69) is 12.1 Å². The summed E-state index contributed by atoms with van der Waals surface area (Å²) in [6, 6.07) is 4.15. The predicted molar refractivity (Wildman–Crippen MR) is 56.6 cm³/mol. The molecule has 0 N–H and O–H groups in total. The van der Waals surface area contributed by atoms with E-state index in [0.29, 0.717) is 12.5 Å². The van der Waals surface area contributed by atoms with Gasteiger partial charge in [-0.1, -0.05) is 12.1 Å². The zero-order valence-electron chi connectivity index (χ0n) is 8.36. The molecule has 0 aliphatic heterocycles. The van der Waals surface area contributed by atoms with Crippen molar-refractivity contribution in [2.24, 2.45) is 0 Å². The number of hydrogen-bond acceptors (Lipinski definition) is 1. The molecule has 0 fully saturated rings. The fraction of sp³-hybridized carbons (Fsp3) is 0.455. The summed E-state index contributed by atoms with van der Waals surface area (Å²) in [7, 11) is 0. The van der Waals surface area contributed by atoms with Crippen molar-refractivity contribution in [2.45, 2.75) is 26.7 Å². The first-order valence-corrected chi connectivity index (χ1v) is 5.01. The minimum Gasteiger partial charge on any atom is -0.493 e. The molecule has 0 aliphatic carbocycles. The molecule has 0 aromatic heterocycles. The van der Waals surface area contributed by atoms with Crippen LogP contribution >= 0.6 is 11.6 Å². The number of alkyl halides is 1. The molecule has 1 aromatic carbocycles. The fourth-order valence-electron chi connectivity index (χ4n) is 1.49. The maximum atomic E-state index is 5.76. The Labute approximate surface area is 84.7 Å². The van der Waals surface area contributed by atoms with Crippen LogP contribution < -0.4 is 4.74 Å². The molecule has 13 heavy (non-hydrogen) atoms. The van der Waals surface area contributed by atoms with Gasteiger partial charge in [0.2, 0.25) is 0 Å². The molecule has 0 heterocycles. The van der Waals surface area contributed by atoms with E-state index in [4.69, 9.17) is 16.3 Å². The van der Waals surface area contributed by atoms with E-state index in [9.17, 15) is 0 Å². The predicted octanol–water partition coefficient (Wildman–Crippen LogP) is 3.44. The molecule has 1 aromatic rings. The monoisotopic (exact) mass is 198 g/mol. The molecule has 72 valence electrons. The lowest BCUT2D eigenvalue weighted by atomic mass is 10.1. The minimum atomic E-state index is 0.564. The lowest BCUT2D eigenvalue weighted by Gasteiger charge is -2.11. The van der Waals surface area contributed by atoms with Crippen LogP contribution in [0.25, 0.3) is 0 Å². The van der Waals surface area contributed by atoms with Gasteiger partial charge in [-0.2, -0.15) is 0 Å². The Balaban J connectivity index is 3.07. The first-order valence-electron chi connectivity index (χ1n) is 4.48. The topological polar surface area (TPSA) is 9.23 Å². The van der Waals surface area contributed by atoms with Crippen molar-refractivity contribution >= 4 is 11.6 Å². The van der Waals surface area contributed by atoms with E-state index in [-0.39, 0.29) is 0 Å². The van der Waals surface area contributed by atoms with Crippen molar-refractivity contribution in [1.82, 2.24) is 0 Å². The van der Waals surface area contributed by atoms with Gasteiger partial charge in [-0.3, -0.25) is 0 Å². The summed E-state index contributed by atoms with van der Waals surface area (Å²) in [6.07, 6.45) is 0. The number of aryl methyl sites for hydroxylation is 2. The maximum Gasteiger partial charge on any atom is 0.125 e. The van der Waals surface area contributed by atoms with Gasteiger partial charge in [0.05, 0.1) is 6.61 Å². The molecule has 0 saturated carbocycles. The highest BCUT2D eigenvalue weighted by atomic mass is 35.5. The highest BCUT2D eigenvalue weighted by molar-refractivity contribution is 6.17. The van der Waals surface area contributed by atoms with Gasteiger partial charge in [-0.15, -0.1) is 11.6 Å². The van der Waals surface area contributed by atoms with E-state index in [1.165, 1.54) is 0 Å². The van der Waals surface area contributed by atoms with Crippen LogP contribution in [0, 0.1) is 13.8 Å². The third kappa shape index (κ3) is 2.38. The maximum absolute atomic E-state index is 5.76. The second-order valence-electron chi connectivity index (χ2n) is 3.13. The van der Waals surface area contributed by atoms with Gasteiger partial charge < -0.3 is 4.74 Å². The Bertz CT molecular complexity index is 271. The van der Waals surface area contributed by atoms with Gasteiger partial charge >= 0.3 is 0 Å². The molecule has 0 radical (unpaired) electrons. The second-order valence-corrected chi connectivity index (χ2v) is 3.39. The Morgan fingerprint density at radius 2 is 1.77 bits per heavy atom. The molecule has 1 nitrogen and oxygen atoms in total. The fourth-order valence-corrected chi connectivity index (χ4v) is 1.64. The van der Waals surface area contributed by atoms with Gasteiger partial charge in [0.1, 0.15) is 5.75 Å². The van der Waals surface area contributed by atoms with E-state index in [0.717, 1.165) is 22.4 Å². The Morgan fingerprint density at radius 1 is 1.23 bits per heavy atom. The molecule has 1 rings (SSSR count). The average Bonchev–Trinajstić information content (AvgIpc) is 2.11. The van der Waals surface area contributed by atoms with Gasteiger partial charge in [-0.05, 0) is 37.5 Å². The molecule has 0 unspecified atom stereocenters. The third-order valence-corrected chi connectivity index (χ3v) is 2.27. The normalized spacial score (nSPS) is 10.2. The molecule has 0 aliphatic rings. The van der Waals surface area contributed by atoms with Crippen LogP contribution in [0.3, 0.4) is 0 Å². The van der Waals surface area contributed by atoms with Crippen LogP contribution in [0.5, 0.6) is 5.75 Å². The number of rotatable bonds is 3. The van der Waals surface area contributed by atoms with Crippen LogP contribution in [0.4, 0.5) is 0 Å². The lowest BCUT2D eigenvalue weighted by molar-refractivity contribution is 0.335. The van der Waals surface area contributed by atoms with E-state index in [1.807, 2.05) is 20.8 Å². The molecule has 0 saturated heterocycles. The van der Waals surface area contributed by atoms with E-state index >= 15 is 0 Å². The van der Waals surface area contributed by atoms with Crippen molar-refractivity contribution < 1.29 is 4.74 Å². The van der Waals surface area contributed by atoms with Crippen LogP contribution in [-0.4, -0.2) is 6.61 Å². The highest BCUT2D eigenvalue weighted by Gasteiger charge is 2.04. The number of hydrogen-bond donors (Lipinski definition) is 0. The van der Waals surface area contributed by atoms with Crippen molar-refractivity contribution in [1.29, 1.82) is 0 Å².